The van der Waals surface area contributed by atoms with E-state index in [1.807, 2.05) is 342 Å². The van der Waals surface area contributed by atoms with Gasteiger partial charge in [0.05, 0.1) is 78.6 Å². The maximum Gasteiger partial charge on any atom is 0.147 e. The van der Waals surface area contributed by atoms with Gasteiger partial charge in [-0.25, -0.2) is 0 Å². The second kappa shape index (κ2) is 38.8. The van der Waals surface area contributed by atoms with E-state index in [1.165, 1.54) is 6.07 Å². The third-order valence-corrected chi connectivity index (χ3v) is 19.4. The quantitative estimate of drug-likeness (QED) is 0.0704. The molecule has 0 bridgehead atoms. The fourth-order valence-electron chi connectivity index (χ4n) is 13.7. The summed E-state index contributed by atoms with van der Waals surface area (Å²) in [6, 6.07) is 144. The molecule has 0 fully saturated rings. The predicted molar refractivity (Wildman–Crippen MR) is 478 cm³/mol. The zero-order chi connectivity index (χ0) is 83.7. The average molecular weight is 1580 g/mol. The van der Waals surface area contributed by atoms with Gasteiger partial charge in [0.1, 0.15) is 71.6 Å². The summed E-state index contributed by atoms with van der Waals surface area (Å²) in [5.41, 5.74) is 15.3. The molecular weight excluding hydrogens is 1510 g/mol. The molecule has 0 atom stereocenters. The van der Waals surface area contributed by atoms with Crippen molar-refractivity contribution in [2.24, 2.45) is 0 Å². The van der Waals surface area contributed by atoms with E-state index in [-0.39, 0.29) is 16.7 Å². The normalized spacial score (nSPS) is 10.1. The molecule has 16 aromatic carbocycles. The molecule has 0 aliphatic rings. The monoisotopic (exact) mass is 1580 g/mol. The van der Waals surface area contributed by atoms with E-state index in [0.717, 1.165) is 51.2 Å². The van der Waals surface area contributed by atoms with Gasteiger partial charge in [0.2, 0.25) is 0 Å². The van der Waals surface area contributed by atoms with Crippen LogP contribution < -0.4 is 39.3 Å². The van der Waals surface area contributed by atoms with Crippen LogP contribution in [0.2, 0.25) is 5.02 Å². The van der Waals surface area contributed by atoms with Crippen LogP contribution in [0.3, 0.4) is 0 Å². The smallest absolute Gasteiger partial charge is 0.147 e. The molecule has 0 aliphatic carbocycles. The highest BCUT2D eigenvalue weighted by atomic mass is 35.5. The molecule has 572 valence electrons. The molecule has 0 spiro atoms. The Morgan fingerprint density at radius 2 is 0.446 bits per heavy atom. The Balaban J connectivity index is 0.000000165. The van der Waals surface area contributed by atoms with Crippen molar-refractivity contribution >= 4 is 108 Å². The minimum absolute atomic E-state index is 0.219. The van der Waals surface area contributed by atoms with Crippen LogP contribution in [-0.2, 0) is 0 Å². The minimum Gasteiger partial charge on any atom is -0.456 e. The Kier molecular flexibility index (Phi) is 25.6. The molecule has 0 aliphatic heterocycles. The molecule has 1 N–H and O–H groups in total. The van der Waals surface area contributed by atoms with Crippen LogP contribution in [0.25, 0.3) is 0 Å². The predicted octanol–water partition coefficient (Wildman–Crippen LogP) is 27.4. The SMILES string of the molecule is N#Cc1cc(C#N)c(N(c2ccccc2)c2cccc(N(c3ccccc3)c3cc(N(c4ccccc4)c4ccccc4)c(C#N)cc3C#N)c2)cc1Oc1ccccc1.N#Cc1cc(C#N)c(N(c2ccccc2)c2ccccc2)cc1N(c1ccccc1)c1ccccc1.N#Cc1cc(C#N)c(Oc2cccc(Cl)c2)cc1Nc1ccccc1. The third kappa shape index (κ3) is 18.7. The number of para-hydroxylation sites is 10. The summed E-state index contributed by atoms with van der Waals surface area (Å²) in [4.78, 5) is 10.1. The van der Waals surface area contributed by atoms with E-state index >= 15 is 0 Å². The van der Waals surface area contributed by atoms with Gasteiger partial charge in [-0.3, -0.25) is 0 Å². The first-order valence-corrected chi connectivity index (χ1v) is 38.4. The lowest BCUT2D eigenvalue weighted by Crippen LogP contribution is -2.16. The highest BCUT2D eigenvalue weighted by molar-refractivity contribution is 6.30. The molecule has 16 nitrogen and oxygen atoms in total. The number of nitriles is 8. The first-order chi connectivity index (χ1) is 59.6. The molecule has 121 heavy (non-hydrogen) atoms. The van der Waals surface area contributed by atoms with Crippen molar-refractivity contribution in [2.45, 2.75) is 0 Å². The summed E-state index contributed by atoms with van der Waals surface area (Å²) >= 11 is 5.97. The average Bonchev–Trinajstić information content (AvgIpc) is 0.755. The molecule has 0 radical (unpaired) electrons. The van der Waals surface area contributed by atoms with Gasteiger partial charge in [-0.05, 0) is 194 Å². The van der Waals surface area contributed by atoms with Crippen molar-refractivity contribution in [3.05, 3.63) is 450 Å². The lowest BCUT2D eigenvalue weighted by molar-refractivity contribution is 0.481. The number of benzene rings is 16. The Labute approximate surface area is 706 Å². The largest absolute Gasteiger partial charge is 0.456 e. The molecule has 0 heterocycles. The second-order valence-electron chi connectivity index (χ2n) is 26.8. The molecule has 17 heteroatoms. The van der Waals surface area contributed by atoms with Crippen molar-refractivity contribution < 1.29 is 9.47 Å². The van der Waals surface area contributed by atoms with Crippen molar-refractivity contribution in [3.8, 4) is 71.6 Å². The van der Waals surface area contributed by atoms with Crippen LogP contribution in [-0.4, -0.2) is 0 Å². The van der Waals surface area contributed by atoms with Crippen molar-refractivity contribution in [1.29, 1.82) is 42.1 Å². The number of hydrogen-bond donors (Lipinski definition) is 1. The Hall–Kier alpha value is -17.9. The van der Waals surface area contributed by atoms with Crippen LogP contribution in [0.15, 0.2) is 400 Å². The van der Waals surface area contributed by atoms with Gasteiger partial charge in [-0.15, -0.1) is 0 Å². The standard InChI is InChI=1S/C52H33N7O.C32H22N4.C20H12ClN3O/c53-34-38-29-39(35-54)50(32-49(38)57(42-17-6-1-7-18-42)43-19-8-2-9-20-43)58(44-21-10-3-11-22-44)46-25-16-26-47(31-46)59(45-23-12-4-13-24-45)51-33-52(41(37-56)30-40(51)36-55)60-48-27-14-5-15-28-48;33-23-25-21-26(24-34)32(36(29-17-9-3-10-18-29)30-19-11-4-12-20-30)22-31(25)35(27-13-5-1-6-14-27)28-15-7-2-8-16-28;21-16-5-4-8-18(10-16)25-20-11-19(14(12-22)9-15(20)13-23)24-17-6-2-1-3-7-17/h1-33H;1-22H;1-11,24H. The number of halogens is 1. The van der Waals surface area contributed by atoms with E-state index in [1.54, 1.807) is 66.7 Å². The summed E-state index contributed by atoms with van der Waals surface area (Å²) in [5.74, 6) is 1.71. The van der Waals surface area contributed by atoms with Gasteiger partial charge < -0.3 is 39.3 Å². The molecule has 16 rings (SSSR count). The van der Waals surface area contributed by atoms with Gasteiger partial charge in [-0.1, -0.05) is 206 Å². The van der Waals surface area contributed by atoms with Crippen LogP contribution in [0.1, 0.15) is 44.5 Å². The van der Waals surface area contributed by atoms with Gasteiger partial charge in [0.25, 0.3) is 0 Å². The van der Waals surface area contributed by atoms with Gasteiger partial charge >= 0.3 is 0 Å². The molecule has 0 saturated heterocycles. The lowest BCUT2D eigenvalue weighted by Gasteiger charge is -2.32. The second-order valence-corrected chi connectivity index (χ2v) is 27.2. The molecule has 16 aromatic rings. The molecule has 0 aromatic heterocycles. The van der Waals surface area contributed by atoms with Gasteiger partial charge in [0.15, 0.2) is 0 Å². The first kappa shape index (κ1) is 79.8. The Morgan fingerprint density at radius 1 is 0.207 bits per heavy atom. The molecular formula is C104H67ClN14O2. The summed E-state index contributed by atoms with van der Waals surface area (Å²) < 4.78 is 12.1. The van der Waals surface area contributed by atoms with Crippen molar-refractivity contribution in [1.82, 2.24) is 0 Å². The van der Waals surface area contributed by atoms with Crippen molar-refractivity contribution in [2.75, 3.05) is 29.8 Å². The summed E-state index contributed by atoms with van der Waals surface area (Å²) in [6.07, 6.45) is 0. The van der Waals surface area contributed by atoms with Crippen molar-refractivity contribution in [3.63, 3.8) is 0 Å². The lowest BCUT2D eigenvalue weighted by atomic mass is 10.0. The summed E-state index contributed by atoms with van der Waals surface area (Å²) in [5, 5.41) is 84.8. The number of anilines is 17. The Bertz CT molecular complexity index is 6450. The topological polar surface area (TPSA) is 237 Å². The van der Waals surface area contributed by atoms with E-state index in [9.17, 15) is 42.1 Å². The van der Waals surface area contributed by atoms with Gasteiger partial charge in [-0.2, -0.15) is 42.1 Å². The van der Waals surface area contributed by atoms with Gasteiger partial charge in [0, 0.05) is 79.7 Å². The van der Waals surface area contributed by atoms with E-state index in [4.69, 9.17) is 21.1 Å². The van der Waals surface area contributed by atoms with Crippen LogP contribution in [0.4, 0.5) is 96.7 Å². The Morgan fingerprint density at radius 3 is 0.760 bits per heavy atom. The van der Waals surface area contributed by atoms with E-state index in [2.05, 4.69) is 63.7 Å². The van der Waals surface area contributed by atoms with Crippen LogP contribution in [0, 0.1) is 90.6 Å². The van der Waals surface area contributed by atoms with E-state index in [0.29, 0.717) is 101 Å². The third-order valence-electron chi connectivity index (χ3n) is 19.1. The van der Waals surface area contributed by atoms with Crippen LogP contribution in [0.5, 0.6) is 23.0 Å². The zero-order valence-corrected chi connectivity index (χ0v) is 65.4. The molecule has 0 saturated carbocycles. The summed E-state index contributed by atoms with van der Waals surface area (Å²) in [6.45, 7) is 0. The highest BCUT2D eigenvalue weighted by Gasteiger charge is 2.28. The summed E-state index contributed by atoms with van der Waals surface area (Å²) in [7, 11) is 0. The first-order valence-electron chi connectivity index (χ1n) is 38.0. The minimum atomic E-state index is 0.219. The fraction of sp³-hybridized carbons (Fsp3) is 0. The molecule has 0 unspecified atom stereocenters. The number of rotatable bonds is 21. The number of nitrogens with zero attached hydrogens (tertiary/aromatic N) is 13. The number of nitrogens with one attached hydrogen (secondary N) is 1. The zero-order valence-electron chi connectivity index (χ0n) is 64.6. The number of ether oxygens (including phenoxy) is 2. The van der Waals surface area contributed by atoms with Crippen LogP contribution >= 0.6 is 11.6 Å². The maximum atomic E-state index is 10.7. The fourth-order valence-corrected chi connectivity index (χ4v) is 13.9. The maximum absolute atomic E-state index is 10.7. The number of hydrogen-bond acceptors (Lipinski definition) is 16. The molecule has 0 amide bonds. The highest BCUT2D eigenvalue weighted by Crippen LogP contribution is 2.49. The van der Waals surface area contributed by atoms with E-state index < -0.39 is 0 Å².